The minimum atomic E-state index is -0.674. The first-order valence-electron chi connectivity index (χ1n) is 5.31. The molecule has 1 heterocycles. The van der Waals surface area contributed by atoms with E-state index in [-0.39, 0.29) is 23.5 Å². The molecular formula is C11H10N4O4. The minimum absolute atomic E-state index is 0.183. The second kappa shape index (κ2) is 5.17. The summed E-state index contributed by atoms with van der Waals surface area (Å²) >= 11 is 0. The Morgan fingerprint density at radius 3 is 2.95 bits per heavy atom. The zero-order valence-corrected chi connectivity index (χ0v) is 9.66. The maximum atomic E-state index is 11.9. The average Bonchev–Trinajstić information content (AvgIpc) is 2.88. The molecule has 0 radical (unpaired) electrons. The van der Waals surface area contributed by atoms with Crippen LogP contribution in [0.15, 0.2) is 30.6 Å². The summed E-state index contributed by atoms with van der Waals surface area (Å²) in [5, 5.41) is 28.9. The fraction of sp³-hybridized carbons (Fsp3) is 0.0909. The molecule has 0 aliphatic rings. The lowest BCUT2D eigenvalue weighted by Crippen LogP contribution is -2.23. The summed E-state index contributed by atoms with van der Waals surface area (Å²) < 4.78 is 0. The minimum Gasteiger partial charge on any atom is -0.508 e. The Morgan fingerprint density at radius 2 is 2.32 bits per heavy atom. The quantitative estimate of drug-likeness (QED) is 0.559. The molecule has 0 fully saturated rings. The predicted molar refractivity (Wildman–Crippen MR) is 64.5 cm³/mol. The van der Waals surface area contributed by atoms with Crippen LogP contribution in [0, 0.1) is 10.1 Å². The van der Waals surface area contributed by atoms with E-state index in [0.717, 1.165) is 23.8 Å². The summed E-state index contributed by atoms with van der Waals surface area (Å²) in [4.78, 5) is 22.0. The SMILES string of the molecule is O=C(NCc1cn[nH]c1)c1cc(O)ccc1[N+](=O)[O-]. The van der Waals surface area contributed by atoms with Crippen LogP contribution in [0.2, 0.25) is 0 Å². The summed E-state index contributed by atoms with van der Waals surface area (Å²) in [7, 11) is 0. The van der Waals surface area contributed by atoms with Crippen molar-refractivity contribution in [1.82, 2.24) is 15.5 Å². The number of carbonyl (C=O) groups excluding carboxylic acids is 1. The van der Waals surface area contributed by atoms with Crippen molar-refractivity contribution in [2.24, 2.45) is 0 Å². The molecule has 0 aliphatic carbocycles. The van der Waals surface area contributed by atoms with Gasteiger partial charge in [0.05, 0.1) is 11.1 Å². The number of carbonyl (C=O) groups is 1. The van der Waals surface area contributed by atoms with Crippen LogP contribution in [-0.2, 0) is 6.54 Å². The van der Waals surface area contributed by atoms with Gasteiger partial charge in [0, 0.05) is 24.4 Å². The molecule has 0 saturated carbocycles. The number of hydrogen-bond donors (Lipinski definition) is 3. The van der Waals surface area contributed by atoms with Crippen LogP contribution in [0.1, 0.15) is 15.9 Å². The first kappa shape index (κ1) is 12.6. The molecule has 0 atom stereocenters. The molecular weight excluding hydrogens is 252 g/mol. The number of nitro groups is 1. The van der Waals surface area contributed by atoms with Crippen molar-refractivity contribution in [1.29, 1.82) is 0 Å². The normalized spacial score (nSPS) is 10.1. The molecule has 3 N–H and O–H groups in total. The van der Waals surface area contributed by atoms with Gasteiger partial charge in [0.2, 0.25) is 0 Å². The molecule has 0 aliphatic heterocycles. The zero-order valence-electron chi connectivity index (χ0n) is 9.66. The number of nitro benzene ring substituents is 1. The van der Waals surface area contributed by atoms with Crippen molar-refractivity contribution < 1.29 is 14.8 Å². The number of nitrogens with one attached hydrogen (secondary N) is 2. The van der Waals surface area contributed by atoms with Gasteiger partial charge >= 0.3 is 0 Å². The largest absolute Gasteiger partial charge is 0.508 e. The van der Waals surface area contributed by atoms with Crippen LogP contribution < -0.4 is 5.32 Å². The van der Waals surface area contributed by atoms with E-state index in [1.165, 1.54) is 6.20 Å². The molecule has 19 heavy (non-hydrogen) atoms. The van der Waals surface area contributed by atoms with Crippen molar-refractivity contribution in [2.45, 2.75) is 6.54 Å². The lowest BCUT2D eigenvalue weighted by atomic mass is 10.1. The van der Waals surface area contributed by atoms with Gasteiger partial charge in [-0.05, 0) is 12.1 Å². The highest BCUT2D eigenvalue weighted by molar-refractivity contribution is 5.98. The van der Waals surface area contributed by atoms with Crippen molar-refractivity contribution in [3.05, 3.63) is 51.8 Å². The van der Waals surface area contributed by atoms with E-state index in [1.807, 2.05) is 0 Å². The fourth-order valence-electron chi connectivity index (χ4n) is 1.52. The maximum absolute atomic E-state index is 11.9. The lowest BCUT2D eigenvalue weighted by molar-refractivity contribution is -0.385. The predicted octanol–water partition coefficient (Wildman–Crippen LogP) is 0.953. The van der Waals surface area contributed by atoms with Gasteiger partial charge in [-0.2, -0.15) is 5.10 Å². The Hall–Kier alpha value is -2.90. The smallest absolute Gasteiger partial charge is 0.282 e. The molecule has 1 aromatic carbocycles. The molecule has 0 unspecified atom stereocenters. The Kier molecular flexibility index (Phi) is 3.42. The maximum Gasteiger partial charge on any atom is 0.282 e. The highest BCUT2D eigenvalue weighted by Gasteiger charge is 2.20. The third-order valence-corrected chi connectivity index (χ3v) is 2.43. The van der Waals surface area contributed by atoms with E-state index < -0.39 is 10.8 Å². The number of aromatic hydroxyl groups is 1. The van der Waals surface area contributed by atoms with E-state index in [9.17, 15) is 20.0 Å². The standard InChI is InChI=1S/C11H10N4O4/c16-8-1-2-10(15(18)19)9(3-8)11(17)12-4-7-5-13-14-6-7/h1-3,5-6,16H,4H2,(H,12,17)(H,13,14). The molecule has 0 spiro atoms. The summed E-state index contributed by atoms with van der Waals surface area (Å²) in [5.74, 6) is -0.845. The van der Waals surface area contributed by atoms with Gasteiger partial charge in [-0.15, -0.1) is 0 Å². The zero-order chi connectivity index (χ0) is 13.8. The van der Waals surface area contributed by atoms with Gasteiger partial charge in [-0.25, -0.2) is 0 Å². The summed E-state index contributed by atoms with van der Waals surface area (Å²) in [5.41, 5.74) is 0.187. The Morgan fingerprint density at radius 1 is 1.53 bits per heavy atom. The topological polar surface area (TPSA) is 121 Å². The van der Waals surface area contributed by atoms with Crippen molar-refractivity contribution in [2.75, 3.05) is 0 Å². The first-order valence-corrected chi connectivity index (χ1v) is 5.31. The number of aromatic amines is 1. The molecule has 2 aromatic rings. The monoisotopic (exact) mass is 262 g/mol. The number of amides is 1. The van der Waals surface area contributed by atoms with Crippen molar-refractivity contribution in [3.63, 3.8) is 0 Å². The Labute approximate surface area is 107 Å². The highest BCUT2D eigenvalue weighted by Crippen LogP contribution is 2.23. The van der Waals surface area contributed by atoms with Gasteiger partial charge < -0.3 is 10.4 Å². The van der Waals surface area contributed by atoms with Crippen molar-refractivity contribution in [3.8, 4) is 5.75 Å². The van der Waals surface area contributed by atoms with Gasteiger partial charge in [0.1, 0.15) is 11.3 Å². The van der Waals surface area contributed by atoms with Gasteiger partial charge in [0.15, 0.2) is 0 Å². The lowest BCUT2D eigenvalue weighted by Gasteiger charge is -2.05. The molecule has 0 saturated heterocycles. The second-order valence-corrected chi connectivity index (χ2v) is 3.75. The van der Waals surface area contributed by atoms with Crippen LogP contribution >= 0.6 is 0 Å². The molecule has 2 rings (SSSR count). The highest BCUT2D eigenvalue weighted by atomic mass is 16.6. The van der Waals surface area contributed by atoms with E-state index >= 15 is 0 Å². The number of phenols is 1. The Balaban J connectivity index is 2.18. The number of H-pyrrole nitrogens is 1. The van der Waals surface area contributed by atoms with E-state index in [0.29, 0.717) is 0 Å². The summed E-state index contributed by atoms with van der Waals surface area (Å²) in [6.07, 6.45) is 3.12. The number of phenolic OH excluding ortho intramolecular Hbond substituents is 1. The van der Waals surface area contributed by atoms with Gasteiger partial charge in [-0.3, -0.25) is 20.0 Å². The van der Waals surface area contributed by atoms with Crippen molar-refractivity contribution >= 4 is 11.6 Å². The second-order valence-electron chi connectivity index (χ2n) is 3.75. The number of benzene rings is 1. The summed E-state index contributed by atoms with van der Waals surface area (Å²) in [6.45, 7) is 0.183. The van der Waals surface area contributed by atoms with Crippen LogP contribution in [0.4, 0.5) is 5.69 Å². The molecule has 98 valence electrons. The van der Waals surface area contributed by atoms with Gasteiger partial charge in [-0.1, -0.05) is 0 Å². The molecule has 8 heteroatoms. The first-order chi connectivity index (χ1) is 9.08. The molecule has 8 nitrogen and oxygen atoms in total. The van der Waals surface area contributed by atoms with E-state index in [2.05, 4.69) is 15.5 Å². The third kappa shape index (κ3) is 2.86. The van der Waals surface area contributed by atoms with Crippen LogP contribution in [0.5, 0.6) is 5.75 Å². The van der Waals surface area contributed by atoms with Crippen LogP contribution in [0.25, 0.3) is 0 Å². The number of rotatable bonds is 4. The molecule has 1 aromatic heterocycles. The number of nitrogens with zero attached hydrogens (tertiary/aromatic N) is 2. The molecule has 1 amide bonds. The number of aromatic nitrogens is 2. The average molecular weight is 262 g/mol. The molecule has 0 bridgehead atoms. The van der Waals surface area contributed by atoms with E-state index in [4.69, 9.17) is 0 Å². The third-order valence-electron chi connectivity index (χ3n) is 2.43. The van der Waals surface area contributed by atoms with Crippen LogP contribution in [0.3, 0.4) is 0 Å². The summed E-state index contributed by atoms with van der Waals surface area (Å²) in [6, 6.07) is 3.30. The van der Waals surface area contributed by atoms with Crippen LogP contribution in [-0.4, -0.2) is 26.1 Å². The van der Waals surface area contributed by atoms with E-state index in [1.54, 1.807) is 6.20 Å². The fourth-order valence-corrected chi connectivity index (χ4v) is 1.52. The van der Waals surface area contributed by atoms with Gasteiger partial charge in [0.25, 0.3) is 11.6 Å². The number of hydrogen-bond acceptors (Lipinski definition) is 5. The Bertz CT molecular complexity index is 609.